The van der Waals surface area contributed by atoms with E-state index in [0.717, 1.165) is 0 Å². The first-order valence-corrected chi connectivity index (χ1v) is 3.90. The molecule has 5 nitrogen and oxygen atoms in total. The van der Waals surface area contributed by atoms with Gasteiger partial charge in [0.2, 0.25) is 6.30 Å². The molecule has 0 aromatic carbocycles. The van der Waals surface area contributed by atoms with Crippen LogP contribution in [-0.4, -0.2) is 22.6 Å². The summed E-state index contributed by atoms with van der Waals surface area (Å²) in [6.07, 6.45) is -5.51. The summed E-state index contributed by atoms with van der Waals surface area (Å²) >= 11 is 0. The van der Waals surface area contributed by atoms with E-state index in [1.807, 2.05) is 0 Å². The van der Waals surface area contributed by atoms with Gasteiger partial charge in [0.05, 0.1) is 11.0 Å². The molecular weight excluding hydrogens is 234 g/mol. The molecule has 0 saturated heterocycles. The van der Waals surface area contributed by atoms with Crippen LogP contribution in [0.4, 0.5) is 29.1 Å². The first-order valence-electron chi connectivity index (χ1n) is 3.90. The van der Waals surface area contributed by atoms with Crippen molar-refractivity contribution in [2.24, 2.45) is 0 Å². The Morgan fingerprint density at radius 2 is 2.06 bits per heavy atom. The lowest BCUT2D eigenvalue weighted by molar-refractivity contribution is -0.385. The molecule has 9 heteroatoms. The standard InChI is InChI=1S/C7H5F4N3O2/c8-4-1-3(14(15)16)2-12-7(4)13-6(11)5(9)10/h1-2,5-6H,(H,12,13). The molecule has 0 spiro atoms. The van der Waals surface area contributed by atoms with Crippen LogP contribution in [0.2, 0.25) is 0 Å². The van der Waals surface area contributed by atoms with Crippen LogP contribution in [0, 0.1) is 15.9 Å². The maximum Gasteiger partial charge on any atom is 0.290 e. The number of hydrogen-bond donors (Lipinski definition) is 1. The minimum absolute atomic E-state index is 0.452. The molecule has 0 saturated carbocycles. The van der Waals surface area contributed by atoms with Gasteiger partial charge in [-0.2, -0.15) is 0 Å². The maximum atomic E-state index is 13.0. The van der Waals surface area contributed by atoms with Gasteiger partial charge in [-0.1, -0.05) is 0 Å². The molecule has 1 aromatic heterocycles. The van der Waals surface area contributed by atoms with Crippen molar-refractivity contribution < 1.29 is 22.5 Å². The number of rotatable bonds is 4. The van der Waals surface area contributed by atoms with E-state index in [1.54, 1.807) is 0 Å². The van der Waals surface area contributed by atoms with E-state index in [0.29, 0.717) is 12.3 Å². The van der Waals surface area contributed by atoms with Crippen molar-refractivity contribution in [3.8, 4) is 0 Å². The van der Waals surface area contributed by atoms with E-state index < -0.39 is 35.0 Å². The summed E-state index contributed by atoms with van der Waals surface area (Å²) < 4.78 is 49.0. The lowest BCUT2D eigenvalue weighted by Gasteiger charge is -2.10. The molecule has 1 N–H and O–H groups in total. The van der Waals surface area contributed by atoms with E-state index in [4.69, 9.17) is 0 Å². The van der Waals surface area contributed by atoms with Crippen molar-refractivity contribution in [3.63, 3.8) is 0 Å². The number of anilines is 1. The highest BCUT2D eigenvalue weighted by molar-refractivity contribution is 5.42. The molecule has 16 heavy (non-hydrogen) atoms. The van der Waals surface area contributed by atoms with E-state index in [1.165, 1.54) is 5.32 Å². The van der Waals surface area contributed by atoms with Gasteiger partial charge >= 0.3 is 0 Å². The summed E-state index contributed by atoms with van der Waals surface area (Å²) in [6, 6.07) is 0.452. The second-order valence-electron chi connectivity index (χ2n) is 2.66. The summed E-state index contributed by atoms with van der Waals surface area (Å²) in [7, 11) is 0. The number of pyridine rings is 1. The highest BCUT2D eigenvalue weighted by Gasteiger charge is 2.21. The Bertz CT molecular complexity index is 401. The second kappa shape index (κ2) is 4.73. The van der Waals surface area contributed by atoms with Crippen LogP contribution in [-0.2, 0) is 0 Å². The van der Waals surface area contributed by atoms with Gasteiger partial charge in [-0.3, -0.25) is 10.1 Å². The Hall–Kier alpha value is -1.93. The van der Waals surface area contributed by atoms with Crippen LogP contribution >= 0.6 is 0 Å². The third kappa shape index (κ3) is 2.78. The fraction of sp³-hybridized carbons (Fsp3) is 0.286. The van der Waals surface area contributed by atoms with Crippen molar-refractivity contribution in [2.75, 3.05) is 5.32 Å². The molecule has 88 valence electrons. The predicted molar refractivity (Wildman–Crippen MR) is 45.4 cm³/mol. The summed E-state index contributed by atoms with van der Waals surface area (Å²) in [4.78, 5) is 12.4. The molecule has 0 amide bonds. The first-order chi connectivity index (χ1) is 7.41. The normalized spacial score (nSPS) is 12.6. The topological polar surface area (TPSA) is 68.1 Å². The van der Waals surface area contributed by atoms with E-state index in [9.17, 15) is 27.7 Å². The molecule has 0 radical (unpaired) electrons. The van der Waals surface area contributed by atoms with E-state index in [2.05, 4.69) is 4.98 Å². The SMILES string of the molecule is O=[N+]([O-])c1cnc(NC(F)C(F)F)c(F)c1. The maximum absolute atomic E-state index is 13.0. The first kappa shape index (κ1) is 12.1. The van der Waals surface area contributed by atoms with Gasteiger partial charge in [-0.25, -0.2) is 22.5 Å². The van der Waals surface area contributed by atoms with Crippen molar-refractivity contribution >= 4 is 11.5 Å². The quantitative estimate of drug-likeness (QED) is 0.378. The van der Waals surface area contributed by atoms with Crippen LogP contribution in [0.1, 0.15) is 0 Å². The fourth-order valence-corrected chi connectivity index (χ4v) is 0.827. The molecule has 1 heterocycles. The van der Waals surface area contributed by atoms with Crippen molar-refractivity contribution in [3.05, 3.63) is 28.2 Å². The Kier molecular flexibility index (Phi) is 3.59. The number of nitro groups is 1. The number of aromatic nitrogens is 1. The molecular formula is C7H5F4N3O2. The molecule has 1 unspecified atom stereocenters. The lowest BCUT2D eigenvalue weighted by Crippen LogP contribution is -2.23. The number of halogens is 4. The van der Waals surface area contributed by atoms with Crippen LogP contribution in [0.25, 0.3) is 0 Å². The van der Waals surface area contributed by atoms with Gasteiger partial charge < -0.3 is 5.32 Å². The number of nitrogens with one attached hydrogen (secondary N) is 1. The zero-order valence-electron chi connectivity index (χ0n) is 7.53. The van der Waals surface area contributed by atoms with Gasteiger partial charge in [-0.05, 0) is 0 Å². The molecule has 0 fully saturated rings. The van der Waals surface area contributed by atoms with E-state index in [-0.39, 0.29) is 0 Å². The highest BCUT2D eigenvalue weighted by Crippen LogP contribution is 2.19. The molecule has 0 bridgehead atoms. The molecule has 0 aliphatic rings. The smallest absolute Gasteiger partial charge is 0.290 e. The monoisotopic (exact) mass is 239 g/mol. The lowest BCUT2D eigenvalue weighted by atomic mass is 10.4. The Morgan fingerprint density at radius 3 is 2.50 bits per heavy atom. The average molecular weight is 239 g/mol. The molecule has 0 aliphatic heterocycles. The third-order valence-electron chi connectivity index (χ3n) is 1.53. The summed E-state index contributed by atoms with van der Waals surface area (Å²) in [5.74, 6) is -2.09. The van der Waals surface area contributed by atoms with Crippen molar-refractivity contribution in [2.45, 2.75) is 12.7 Å². The van der Waals surface area contributed by atoms with E-state index >= 15 is 0 Å². The van der Waals surface area contributed by atoms with Gasteiger partial charge in [0.25, 0.3) is 12.1 Å². The summed E-state index contributed by atoms with van der Waals surface area (Å²) in [5.41, 5.74) is -0.657. The zero-order valence-corrected chi connectivity index (χ0v) is 7.53. The van der Waals surface area contributed by atoms with Gasteiger partial charge in [0, 0.05) is 0 Å². The van der Waals surface area contributed by atoms with Gasteiger partial charge in [-0.15, -0.1) is 0 Å². The Balaban J connectivity index is 2.87. The highest BCUT2D eigenvalue weighted by atomic mass is 19.3. The second-order valence-corrected chi connectivity index (χ2v) is 2.66. The van der Waals surface area contributed by atoms with Crippen LogP contribution in [0.3, 0.4) is 0 Å². The largest absolute Gasteiger partial charge is 0.334 e. The van der Waals surface area contributed by atoms with Crippen LogP contribution < -0.4 is 5.32 Å². The van der Waals surface area contributed by atoms with Crippen molar-refractivity contribution in [1.82, 2.24) is 4.98 Å². The molecule has 1 aromatic rings. The summed E-state index contributed by atoms with van der Waals surface area (Å²) in [6.45, 7) is 0. The number of nitrogens with zero attached hydrogens (tertiary/aromatic N) is 2. The van der Waals surface area contributed by atoms with Crippen LogP contribution in [0.5, 0.6) is 0 Å². The molecule has 1 atom stereocenters. The number of alkyl halides is 3. The Morgan fingerprint density at radius 1 is 1.44 bits per heavy atom. The fourth-order valence-electron chi connectivity index (χ4n) is 0.827. The third-order valence-corrected chi connectivity index (χ3v) is 1.53. The minimum Gasteiger partial charge on any atom is -0.334 e. The summed E-state index contributed by atoms with van der Waals surface area (Å²) in [5, 5.41) is 11.6. The molecule has 1 rings (SSSR count). The zero-order chi connectivity index (χ0) is 12.3. The van der Waals surface area contributed by atoms with Gasteiger partial charge in [0.15, 0.2) is 11.6 Å². The molecule has 0 aliphatic carbocycles. The van der Waals surface area contributed by atoms with Gasteiger partial charge in [0.1, 0.15) is 6.20 Å². The van der Waals surface area contributed by atoms with Crippen LogP contribution in [0.15, 0.2) is 12.3 Å². The average Bonchev–Trinajstić information content (AvgIpc) is 2.20. The Labute approximate surface area is 86.2 Å². The van der Waals surface area contributed by atoms with Crippen molar-refractivity contribution in [1.29, 1.82) is 0 Å². The predicted octanol–water partition coefficient (Wildman–Crippen LogP) is 2.10. The minimum atomic E-state index is -3.35. The number of hydrogen-bond acceptors (Lipinski definition) is 4.